The highest BCUT2D eigenvalue weighted by Gasteiger charge is 2.18. The average molecular weight is 438 g/mol. The van der Waals surface area contributed by atoms with E-state index in [0.29, 0.717) is 18.7 Å². The lowest BCUT2D eigenvalue weighted by atomic mass is 10.2. The van der Waals surface area contributed by atoms with Gasteiger partial charge in [-0.05, 0) is 53.2 Å². The summed E-state index contributed by atoms with van der Waals surface area (Å²) in [7, 11) is 0. The molecule has 2 rings (SSSR count). The number of carbonyl (C=O) groups excluding carboxylic acids is 1. The van der Waals surface area contributed by atoms with Crippen molar-refractivity contribution in [1.29, 1.82) is 0 Å². The van der Waals surface area contributed by atoms with Crippen molar-refractivity contribution in [3.05, 3.63) is 54.1 Å². The Labute approximate surface area is 144 Å². The normalized spacial score (nSPS) is 10.6. The van der Waals surface area contributed by atoms with Crippen molar-refractivity contribution in [3.8, 4) is 0 Å². The van der Waals surface area contributed by atoms with Crippen LogP contribution in [0.15, 0.2) is 39.3 Å². The van der Waals surface area contributed by atoms with Crippen LogP contribution in [0.2, 0.25) is 4.34 Å². The highest BCUT2D eigenvalue weighted by Crippen LogP contribution is 2.26. The quantitative estimate of drug-likeness (QED) is 0.611. The molecule has 1 amide bonds. The molecule has 0 aliphatic heterocycles. The van der Waals surface area contributed by atoms with Gasteiger partial charge in [-0.3, -0.25) is 4.79 Å². The zero-order valence-electron chi connectivity index (χ0n) is 10.7. The summed E-state index contributed by atoms with van der Waals surface area (Å²) in [5.41, 5.74) is 0.656. The second kappa shape index (κ2) is 7.07. The maximum atomic E-state index is 12.6. The number of amides is 1. The molecule has 1 aromatic heterocycles. The molecule has 2 aromatic rings. The molecule has 0 atom stereocenters. The number of nitrogens with zero attached hydrogens (tertiary/aromatic N) is 1. The largest absolute Gasteiger partial charge is 0.334 e. The van der Waals surface area contributed by atoms with Gasteiger partial charge in [0, 0.05) is 20.4 Å². The lowest BCUT2D eigenvalue weighted by Gasteiger charge is -2.21. The van der Waals surface area contributed by atoms with Crippen molar-refractivity contribution in [2.24, 2.45) is 0 Å². The molecule has 0 saturated heterocycles. The van der Waals surface area contributed by atoms with E-state index in [0.717, 1.165) is 18.2 Å². The van der Waals surface area contributed by atoms with Gasteiger partial charge in [0.25, 0.3) is 5.91 Å². The standard InChI is InChI=1S/C14H12Br2ClNOS/c1-2-18(8-10-4-6-13(17)20-10)14(19)11-7-9(15)3-5-12(11)16/h3-7H,2,8H2,1H3. The zero-order valence-corrected chi connectivity index (χ0v) is 15.4. The molecular weight excluding hydrogens is 425 g/mol. The van der Waals surface area contributed by atoms with Gasteiger partial charge >= 0.3 is 0 Å². The smallest absolute Gasteiger partial charge is 0.255 e. The van der Waals surface area contributed by atoms with E-state index in [4.69, 9.17) is 11.6 Å². The molecule has 1 aromatic carbocycles. The van der Waals surface area contributed by atoms with Crippen LogP contribution in [0.1, 0.15) is 22.2 Å². The Morgan fingerprint density at radius 2 is 2.05 bits per heavy atom. The Bertz CT molecular complexity index is 629. The first-order valence-corrected chi connectivity index (χ1v) is 8.78. The number of hydrogen-bond acceptors (Lipinski definition) is 2. The number of carbonyl (C=O) groups is 1. The van der Waals surface area contributed by atoms with Crippen molar-refractivity contribution in [2.45, 2.75) is 13.5 Å². The molecule has 0 fully saturated rings. The molecule has 0 N–H and O–H groups in total. The summed E-state index contributed by atoms with van der Waals surface area (Å²) >= 11 is 14.3. The van der Waals surface area contributed by atoms with Gasteiger partial charge in [0.15, 0.2) is 0 Å². The van der Waals surface area contributed by atoms with Crippen molar-refractivity contribution >= 4 is 60.7 Å². The molecular formula is C14H12Br2ClNOS. The van der Waals surface area contributed by atoms with E-state index >= 15 is 0 Å². The highest BCUT2D eigenvalue weighted by molar-refractivity contribution is 9.11. The van der Waals surface area contributed by atoms with Crippen LogP contribution >= 0.6 is 54.8 Å². The molecule has 0 unspecified atom stereocenters. The Balaban J connectivity index is 2.22. The molecule has 0 aliphatic rings. The molecule has 6 heteroatoms. The molecule has 106 valence electrons. The Morgan fingerprint density at radius 1 is 1.30 bits per heavy atom. The van der Waals surface area contributed by atoms with Gasteiger partial charge in [-0.1, -0.05) is 27.5 Å². The van der Waals surface area contributed by atoms with Crippen molar-refractivity contribution < 1.29 is 4.79 Å². The number of thiophene rings is 1. The molecule has 2 nitrogen and oxygen atoms in total. The first kappa shape index (κ1) is 16.0. The fourth-order valence-electron chi connectivity index (χ4n) is 1.78. The molecule has 0 bridgehead atoms. The summed E-state index contributed by atoms with van der Waals surface area (Å²) in [6.45, 7) is 3.19. The lowest BCUT2D eigenvalue weighted by Crippen LogP contribution is -2.30. The van der Waals surface area contributed by atoms with Gasteiger partial charge in [-0.15, -0.1) is 11.3 Å². The van der Waals surface area contributed by atoms with E-state index in [-0.39, 0.29) is 5.91 Å². The van der Waals surface area contributed by atoms with Crippen LogP contribution in [-0.2, 0) is 6.54 Å². The van der Waals surface area contributed by atoms with E-state index < -0.39 is 0 Å². The number of halogens is 3. The van der Waals surface area contributed by atoms with Gasteiger partial charge in [0.1, 0.15) is 0 Å². The second-order valence-electron chi connectivity index (χ2n) is 4.15. The van der Waals surface area contributed by atoms with Crippen LogP contribution < -0.4 is 0 Å². The zero-order chi connectivity index (χ0) is 14.7. The maximum Gasteiger partial charge on any atom is 0.255 e. The average Bonchev–Trinajstić information content (AvgIpc) is 2.83. The Hall–Kier alpha value is -0.360. The summed E-state index contributed by atoms with van der Waals surface area (Å²) in [5, 5.41) is 0. The van der Waals surface area contributed by atoms with Crippen LogP contribution in [-0.4, -0.2) is 17.4 Å². The minimum absolute atomic E-state index is 0.00481. The minimum Gasteiger partial charge on any atom is -0.334 e. The van der Waals surface area contributed by atoms with Crippen molar-refractivity contribution in [3.63, 3.8) is 0 Å². The van der Waals surface area contributed by atoms with Gasteiger partial charge in [0.05, 0.1) is 16.4 Å². The summed E-state index contributed by atoms with van der Waals surface area (Å²) < 4.78 is 2.43. The lowest BCUT2D eigenvalue weighted by molar-refractivity contribution is 0.0753. The predicted octanol–water partition coefficient (Wildman–Crippen LogP) is 5.59. The van der Waals surface area contributed by atoms with Crippen LogP contribution in [0.25, 0.3) is 0 Å². The van der Waals surface area contributed by atoms with Crippen LogP contribution in [0.4, 0.5) is 0 Å². The third-order valence-electron chi connectivity index (χ3n) is 2.80. The van der Waals surface area contributed by atoms with E-state index in [1.807, 2.05) is 37.3 Å². The minimum atomic E-state index is 0.00481. The summed E-state index contributed by atoms with van der Waals surface area (Å²) in [5.74, 6) is 0.00481. The topological polar surface area (TPSA) is 20.3 Å². The maximum absolute atomic E-state index is 12.6. The monoisotopic (exact) mass is 435 g/mol. The SMILES string of the molecule is CCN(Cc1ccc(Cl)s1)C(=O)c1cc(Br)ccc1Br. The fourth-order valence-corrected chi connectivity index (χ4v) is 3.66. The Kier molecular flexibility index (Phi) is 5.66. The van der Waals surface area contributed by atoms with E-state index in [9.17, 15) is 4.79 Å². The third kappa shape index (κ3) is 3.85. The predicted molar refractivity (Wildman–Crippen MR) is 91.6 cm³/mol. The second-order valence-corrected chi connectivity index (χ2v) is 7.72. The summed E-state index contributed by atoms with van der Waals surface area (Å²) in [6.07, 6.45) is 0. The molecule has 20 heavy (non-hydrogen) atoms. The summed E-state index contributed by atoms with van der Waals surface area (Å²) in [6, 6.07) is 9.41. The van der Waals surface area contributed by atoms with Crippen LogP contribution in [0.3, 0.4) is 0 Å². The van der Waals surface area contributed by atoms with Crippen molar-refractivity contribution in [2.75, 3.05) is 6.54 Å². The van der Waals surface area contributed by atoms with Gasteiger partial charge in [-0.25, -0.2) is 0 Å². The van der Waals surface area contributed by atoms with E-state index in [1.165, 1.54) is 11.3 Å². The first-order chi connectivity index (χ1) is 9.51. The number of hydrogen-bond donors (Lipinski definition) is 0. The van der Waals surface area contributed by atoms with E-state index in [1.54, 1.807) is 4.90 Å². The summed E-state index contributed by atoms with van der Waals surface area (Å²) in [4.78, 5) is 15.5. The van der Waals surface area contributed by atoms with Gasteiger partial charge in [-0.2, -0.15) is 0 Å². The molecule has 0 spiro atoms. The fraction of sp³-hybridized carbons (Fsp3) is 0.214. The molecule has 0 saturated carbocycles. The molecule has 1 heterocycles. The first-order valence-electron chi connectivity index (χ1n) is 5.99. The van der Waals surface area contributed by atoms with Crippen molar-refractivity contribution in [1.82, 2.24) is 4.90 Å². The molecule has 0 radical (unpaired) electrons. The van der Waals surface area contributed by atoms with Crippen LogP contribution in [0, 0.1) is 0 Å². The number of benzene rings is 1. The highest BCUT2D eigenvalue weighted by atomic mass is 79.9. The van der Waals surface area contributed by atoms with E-state index in [2.05, 4.69) is 31.9 Å². The number of rotatable bonds is 4. The van der Waals surface area contributed by atoms with Gasteiger partial charge in [0.2, 0.25) is 0 Å². The third-order valence-corrected chi connectivity index (χ3v) is 5.20. The molecule has 0 aliphatic carbocycles. The Morgan fingerprint density at radius 3 is 2.65 bits per heavy atom. The van der Waals surface area contributed by atoms with Gasteiger partial charge < -0.3 is 4.90 Å². The van der Waals surface area contributed by atoms with Crippen LogP contribution in [0.5, 0.6) is 0 Å².